The average molecular weight is 477 g/mol. The first kappa shape index (κ1) is 21.9. The third kappa shape index (κ3) is 3.76. The highest BCUT2D eigenvalue weighted by Gasteiger charge is 2.46. The van der Waals surface area contributed by atoms with Gasteiger partial charge in [-0.25, -0.2) is 4.39 Å². The van der Waals surface area contributed by atoms with E-state index in [1.165, 1.54) is 40.5 Å². The van der Waals surface area contributed by atoms with Gasteiger partial charge in [-0.3, -0.25) is 9.59 Å². The topological polar surface area (TPSA) is 82.6 Å². The molecule has 1 amide bonds. The van der Waals surface area contributed by atoms with Crippen LogP contribution in [0.5, 0.6) is 5.75 Å². The van der Waals surface area contributed by atoms with Crippen molar-refractivity contribution in [3.63, 3.8) is 0 Å². The Kier molecular flexibility index (Phi) is 5.67. The zero-order valence-corrected chi connectivity index (χ0v) is 19.1. The van der Waals surface area contributed by atoms with Gasteiger partial charge in [-0.2, -0.15) is 0 Å². The number of H-pyrrole nitrogens is 1. The lowest BCUT2D eigenvalue weighted by Crippen LogP contribution is -2.31. The number of aliphatic hydroxyl groups is 1. The van der Waals surface area contributed by atoms with Crippen LogP contribution in [0.2, 0.25) is 0 Å². The summed E-state index contributed by atoms with van der Waals surface area (Å²) < 4.78 is 18.7. The Hall–Kier alpha value is -3.91. The van der Waals surface area contributed by atoms with Crippen LogP contribution in [-0.4, -0.2) is 40.3 Å². The number of amides is 1. The van der Waals surface area contributed by atoms with Crippen LogP contribution in [-0.2, 0) is 16.0 Å². The van der Waals surface area contributed by atoms with E-state index in [9.17, 15) is 19.1 Å². The fourth-order valence-electron chi connectivity index (χ4n) is 4.35. The average Bonchev–Trinajstić information content (AvgIpc) is 3.57. The first-order valence-electron chi connectivity index (χ1n) is 10.7. The van der Waals surface area contributed by atoms with Crippen molar-refractivity contribution in [1.82, 2.24) is 9.88 Å². The van der Waals surface area contributed by atoms with E-state index in [1.54, 1.807) is 7.11 Å². The summed E-state index contributed by atoms with van der Waals surface area (Å²) in [6.07, 6.45) is 2.39. The van der Waals surface area contributed by atoms with Crippen LogP contribution in [0.1, 0.15) is 22.0 Å². The Labute approximate surface area is 198 Å². The van der Waals surface area contributed by atoms with Crippen LogP contribution in [0, 0.1) is 5.82 Å². The minimum atomic E-state index is -0.749. The van der Waals surface area contributed by atoms with E-state index in [2.05, 4.69) is 4.98 Å². The predicted molar refractivity (Wildman–Crippen MR) is 128 cm³/mol. The van der Waals surface area contributed by atoms with Gasteiger partial charge in [-0.05, 0) is 65.9 Å². The van der Waals surface area contributed by atoms with Gasteiger partial charge in [0.25, 0.3) is 11.7 Å². The molecule has 5 rings (SSSR count). The molecule has 1 atom stereocenters. The molecule has 4 aromatic rings. The number of benzene rings is 2. The molecule has 8 heteroatoms. The molecule has 2 aromatic carbocycles. The van der Waals surface area contributed by atoms with E-state index in [0.29, 0.717) is 6.42 Å². The number of fused-ring (bicyclic) bond motifs is 1. The van der Waals surface area contributed by atoms with Crippen molar-refractivity contribution in [2.75, 3.05) is 13.7 Å². The fourth-order valence-corrected chi connectivity index (χ4v) is 5.19. The quantitative estimate of drug-likeness (QED) is 0.232. The van der Waals surface area contributed by atoms with Gasteiger partial charge in [0.2, 0.25) is 0 Å². The highest BCUT2D eigenvalue weighted by atomic mass is 32.1. The standard InChI is InChI=1S/C26H21FN2O4S/c1-33-18-8-9-20-19(13-18)16(14-28-20)10-11-29-23(21-3-2-12-34-21)22(25(31)26(29)32)24(30)15-4-6-17(27)7-5-15/h2-9,12-14,23,28,30H,10-11H2,1H3/t23-/m0/s1. The van der Waals surface area contributed by atoms with Crippen LogP contribution in [0.3, 0.4) is 0 Å². The van der Waals surface area contributed by atoms with Crippen LogP contribution < -0.4 is 4.74 Å². The van der Waals surface area contributed by atoms with Crippen molar-refractivity contribution >= 4 is 39.7 Å². The molecule has 34 heavy (non-hydrogen) atoms. The summed E-state index contributed by atoms with van der Waals surface area (Å²) in [5, 5.41) is 13.8. The molecule has 1 saturated heterocycles. The first-order valence-corrected chi connectivity index (χ1v) is 11.6. The number of rotatable bonds is 6. The van der Waals surface area contributed by atoms with Gasteiger partial charge in [-0.15, -0.1) is 11.3 Å². The number of methoxy groups -OCH3 is 1. The number of thiophene rings is 1. The van der Waals surface area contributed by atoms with Crippen LogP contribution in [0.25, 0.3) is 16.7 Å². The lowest BCUT2D eigenvalue weighted by atomic mass is 9.99. The van der Waals surface area contributed by atoms with E-state index in [1.807, 2.05) is 41.9 Å². The number of hydrogen-bond acceptors (Lipinski definition) is 5. The number of carbonyl (C=O) groups is 2. The highest BCUT2D eigenvalue weighted by molar-refractivity contribution is 7.10. The number of ether oxygens (including phenoxy) is 1. The molecule has 2 aromatic heterocycles. The Morgan fingerprint density at radius 2 is 1.97 bits per heavy atom. The molecule has 1 fully saturated rings. The smallest absolute Gasteiger partial charge is 0.295 e. The van der Waals surface area contributed by atoms with Gasteiger partial charge in [0, 0.05) is 34.1 Å². The lowest BCUT2D eigenvalue weighted by molar-refractivity contribution is -0.139. The number of nitrogens with zero attached hydrogens (tertiary/aromatic N) is 1. The minimum absolute atomic E-state index is 0.0136. The number of likely N-dealkylation sites (tertiary alicyclic amines) is 1. The molecular weight excluding hydrogens is 455 g/mol. The van der Waals surface area contributed by atoms with E-state index in [4.69, 9.17) is 4.74 Å². The number of aliphatic hydroxyl groups excluding tert-OH is 1. The van der Waals surface area contributed by atoms with Gasteiger partial charge in [0.05, 0.1) is 18.7 Å². The molecule has 3 heterocycles. The normalized spacial score (nSPS) is 17.6. The largest absolute Gasteiger partial charge is 0.507 e. The number of hydrogen-bond donors (Lipinski definition) is 2. The SMILES string of the molecule is COc1ccc2[nH]cc(CCN3C(=O)C(=O)C(=C(O)c4ccc(F)cc4)[C@@H]3c3cccs3)c2c1. The second-order valence-corrected chi connectivity index (χ2v) is 8.97. The molecular formula is C26H21FN2O4S. The summed E-state index contributed by atoms with van der Waals surface area (Å²) in [5.41, 5.74) is 2.23. The monoisotopic (exact) mass is 476 g/mol. The van der Waals surface area contributed by atoms with Crippen molar-refractivity contribution < 1.29 is 23.8 Å². The third-order valence-electron chi connectivity index (χ3n) is 6.07. The minimum Gasteiger partial charge on any atom is -0.507 e. The van der Waals surface area contributed by atoms with Crippen molar-refractivity contribution in [3.8, 4) is 5.75 Å². The van der Waals surface area contributed by atoms with Crippen LogP contribution in [0.15, 0.2) is 71.7 Å². The number of ketones is 1. The summed E-state index contributed by atoms with van der Waals surface area (Å²) in [6, 6.07) is 13.9. The Balaban J connectivity index is 1.52. The second kappa shape index (κ2) is 8.79. The van der Waals surface area contributed by atoms with Crippen LogP contribution in [0.4, 0.5) is 4.39 Å². The molecule has 2 N–H and O–H groups in total. The zero-order chi connectivity index (χ0) is 23.8. The van der Waals surface area contributed by atoms with Crippen molar-refractivity contribution in [1.29, 1.82) is 0 Å². The third-order valence-corrected chi connectivity index (χ3v) is 6.99. The van der Waals surface area contributed by atoms with E-state index < -0.39 is 23.5 Å². The Morgan fingerprint density at radius 1 is 1.18 bits per heavy atom. The summed E-state index contributed by atoms with van der Waals surface area (Å²) in [7, 11) is 1.61. The molecule has 0 spiro atoms. The number of halogens is 1. The van der Waals surface area contributed by atoms with E-state index in [-0.39, 0.29) is 23.4 Å². The van der Waals surface area contributed by atoms with Crippen LogP contribution >= 0.6 is 11.3 Å². The Morgan fingerprint density at radius 3 is 2.68 bits per heavy atom. The van der Waals surface area contributed by atoms with Crippen molar-refractivity contribution in [2.24, 2.45) is 0 Å². The number of aromatic amines is 1. The molecule has 0 bridgehead atoms. The summed E-state index contributed by atoms with van der Waals surface area (Å²) >= 11 is 1.40. The summed E-state index contributed by atoms with van der Waals surface area (Å²) in [4.78, 5) is 31.6. The fraction of sp³-hybridized carbons (Fsp3) is 0.154. The maximum absolute atomic E-state index is 13.4. The molecule has 0 radical (unpaired) electrons. The van der Waals surface area contributed by atoms with Crippen molar-refractivity contribution in [3.05, 3.63) is 93.6 Å². The lowest BCUT2D eigenvalue weighted by Gasteiger charge is -2.24. The number of Topliss-reactive ketones (excluding diaryl/α,β-unsaturated/α-hetero) is 1. The molecule has 0 saturated carbocycles. The van der Waals surface area contributed by atoms with Crippen molar-refractivity contribution in [2.45, 2.75) is 12.5 Å². The molecule has 6 nitrogen and oxygen atoms in total. The maximum atomic E-state index is 13.4. The van der Waals surface area contributed by atoms with Gasteiger partial charge < -0.3 is 19.7 Å². The molecule has 1 aliphatic heterocycles. The van der Waals surface area contributed by atoms with Gasteiger partial charge in [0.1, 0.15) is 17.3 Å². The molecule has 0 unspecified atom stereocenters. The van der Waals surface area contributed by atoms with E-state index >= 15 is 0 Å². The number of carbonyl (C=O) groups excluding carboxylic acids is 2. The molecule has 0 aliphatic carbocycles. The number of aromatic nitrogens is 1. The Bertz CT molecular complexity index is 1410. The van der Waals surface area contributed by atoms with Gasteiger partial charge in [0.15, 0.2) is 0 Å². The molecule has 172 valence electrons. The second-order valence-electron chi connectivity index (χ2n) is 7.99. The first-order chi connectivity index (χ1) is 16.5. The maximum Gasteiger partial charge on any atom is 0.295 e. The summed E-state index contributed by atoms with van der Waals surface area (Å²) in [6.45, 7) is 0.275. The zero-order valence-electron chi connectivity index (χ0n) is 18.2. The van der Waals surface area contributed by atoms with Gasteiger partial charge in [-0.1, -0.05) is 6.07 Å². The number of nitrogens with one attached hydrogen (secondary N) is 1. The van der Waals surface area contributed by atoms with Gasteiger partial charge >= 0.3 is 0 Å². The highest BCUT2D eigenvalue weighted by Crippen LogP contribution is 2.41. The van der Waals surface area contributed by atoms with E-state index in [0.717, 1.165) is 27.1 Å². The summed E-state index contributed by atoms with van der Waals surface area (Å²) in [5.74, 6) is -1.45. The predicted octanol–water partition coefficient (Wildman–Crippen LogP) is 5.04. The molecule has 1 aliphatic rings.